The summed E-state index contributed by atoms with van der Waals surface area (Å²) in [5.41, 5.74) is 0. The summed E-state index contributed by atoms with van der Waals surface area (Å²) in [7, 11) is 0. The molecule has 3 atom stereocenters. The topological polar surface area (TPSA) is 35.5 Å². The van der Waals surface area contributed by atoms with Gasteiger partial charge in [-0.1, -0.05) is 49.4 Å². The Hall–Kier alpha value is 0.170. The number of hydrogen-bond donors (Lipinski definition) is 0. The SMILES string of the molecule is CCCC(Cl)(Cl)C(=O)C1OC2CCCCC1COCC2. The molecule has 2 bridgehead atoms. The van der Waals surface area contributed by atoms with Gasteiger partial charge < -0.3 is 9.47 Å². The number of rotatable bonds is 4. The van der Waals surface area contributed by atoms with E-state index in [4.69, 9.17) is 32.7 Å². The van der Waals surface area contributed by atoms with Crippen LogP contribution in [0, 0.1) is 5.92 Å². The van der Waals surface area contributed by atoms with E-state index in [0.717, 1.165) is 38.5 Å². The average Bonchev–Trinajstić information content (AvgIpc) is 2.37. The Morgan fingerprint density at radius 2 is 2.00 bits per heavy atom. The Morgan fingerprint density at radius 3 is 2.75 bits per heavy atom. The van der Waals surface area contributed by atoms with Gasteiger partial charge in [-0.3, -0.25) is 4.79 Å². The third-order valence-electron chi connectivity index (χ3n) is 4.22. The summed E-state index contributed by atoms with van der Waals surface area (Å²) < 4.78 is 10.4. The number of ether oxygens (including phenoxy) is 2. The molecule has 0 aromatic rings. The predicted molar refractivity (Wildman–Crippen MR) is 80.4 cm³/mol. The molecule has 0 N–H and O–H groups in total. The van der Waals surface area contributed by atoms with E-state index in [0.29, 0.717) is 19.6 Å². The fraction of sp³-hybridized carbons (Fsp3) is 0.933. The molecule has 116 valence electrons. The van der Waals surface area contributed by atoms with Crippen LogP contribution in [0.25, 0.3) is 0 Å². The number of carbonyl (C=O) groups excluding carboxylic acids is 1. The van der Waals surface area contributed by atoms with E-state index in [-0.39, 0.29) is 17.8 Å². The van der Waals surface area contributed by atoms with Crippen molar-refractivity contribution in [1.29, 1.82) is 0 Å². The summed E-state index contributed by atoms with van der Waals surface area (Å²) in [5, 5.41) is 0. The number of Topliss-reactive ketones (excluding diaryl/α,β-unsaturated/α-hetero) is 1. The summed E-state index contributed by atoms with van der Waals surface area (Å²) in [6, 6.07) is 0. The summed E-state index contributed by atoms with van der Waals surface area (Å²) in [4.78, 5) is 12.7. The largest absolute Gasteiger partial charge is 0.381 e. The second kappa shape index (κ2) is 7.44. The fourth-order valence-corrected chi connectivity index (χ4v) is 3.66. The molecule has 0 amide bonds. The van der Waals surface area contributed by atoms with Crippen molar-refractivity contribution < 1.29 is 14.3 Å². The second-order valence-corrected chi connectivity index (χ2v) is 7.39. The summed E-state index contributed by atoms with van der Waals surface area (Å²) >= 11 is 12.5. The molecule has 5 heteroatoms. The molecule has 0 radical (unpaired) electrons. The lowest BCUT2D eigenvalue weighted by atomic mass is 9.88. The Balaban J connectivity index is 2.15. The van der Waals surface area contributed by atoms with Crippen molar-refractivity contribution in [2.24, 2.45) is 5.92 Å². The van der Waals surface area contributed by atoms with Crippen LogP contribution in [-0.4, -0.2) is 35.5 Å². The van der Waals surface area contributed by atoms with Gasteiger partial charge in [-0.15, -0.1) is 0 Å². The first kappa shape index (κ1) is 16.5. The van der Waals surface area contributed by atoms with E-state index in [1.165, 1.54) is 0 Å². The van der Waals surface area contributed by atoms with Crippen LogP contribution < -0.4 is 0 Å². The number of hydrogen-bond acceptors (Lipinski definition) is 3. The number of ketones is 1. The van der Waals surface area contributed by atoms with Crippen molar-refractivity contribution in [1.82, 2.24) is 0 Å². The zero-order valence-corrected chi connectivity index (χ0v) is 13.6. The third-order valence-corrected chi connectivity index (χ3v) is 4.97. The van der Waals surface area contributed by atoms with Crippen LogP contribution in [0.2, 0.25) is 0 Å². The van der Waals surface area contributed by atoms with Gasteiger partial charge in [0, 0.05) is 12.5 Å². The molecule has 2 aliphatic rings. The molecular formula is C15H24Cl2O3. The minimum atomic E-state index is -1.33. The monoisotopic (exact) mass is 322 g/mol. The van der Waals surface area contributed by atoms with Gasteiger partial charge in [0.1, 0.15) is 6.10 Å². The highest BCUT2D eigenvalue weighted by molar-refractivity contribution is 6.58. The van der Waals surface area contributed by atoms with Crippen molar-refractivity contribution in [2.75, 3.05) is 13.2 Å². The summed E-state index contributed by atoms with van der Waals surface area (Å²) in [6.07, 6.45) is 5.88. The normalized spacial score (nSPS) is 32.0. The molecule has 3 nitrogen and oxygen atoms in total. The number of carbonyl (C=O) groups is 1. The molecule has 2 saturated heterocycles. The van der Waals surface area contributed by atoms with Crippen LogP contribution in [0.15, 0.2) is 0 Å². The quantitative estimate of drug-likeness (QED) is 0.736. The lowest BCUT2D eigenvalue weighted by Gasteiger charge is -2.37. The molecular weight excluding hydrogens is 299 g/mol. The first-order chi connectivity index (χ1) is 9.54. The van der Waals surface area contributed by atoms with Crippen LogP contribution >= 0.6 is 23.2 Å². The summed E-state index contributed by atoms with van der Waals surface area (Å²) in [6.45, 7) is 3.25. The molecule has 0 saturated carbocycles. The highest BCUT2D eigenvalue weighted by Crippen LogP contribution is 2.35. The Kier molecular flexibility index (Phi) is 6.15. The van der Waals surface area contributed by atoms with Crippen LogP contribution in [-0.2, 0) is 14.3 Å². The number of alkyl halides is 2. The molecule has 2 fully saturated rings. The highest BCUT2D eigenvalue weighted by Gasteiger charge is 2.43. The Bertz CT molecular complexity index is 321. The minimum Gasteiger partial charge on any atom is -0.381 e. The zero-order chi connectivity index (χ0) is 14.6. The number of halogens is 2. The van der Waals surface area contributed by atoms with E-state index in [1.54, 1.807) is 0 Å². The van der Waals surface area contributed by atoms with Crippen LogP contribution in [0.1, 0.15) is 51.9 Å². The lowest BCUT2D eigenvalue weighted by molar-refractivity contribution is -0.152. The third kappa shape index (κ3) is 4.09. The molecule has 0 aliphatic carbocycles. The van der Waals surface area contributed by atoms with Gasteiger partial charge in [0.05, 0.1) is 12.7 Å². The lowest BCUT2D eigenvalue weighted by Crippen LogP contribution is -2.47. The zero-order valence-electron chi connectivity index (χ0n) is 12.1. The van der Waals surface area contributed by atoms with Crippen molar-refractivity contribution >= 4 is 29.0 Å². The van der Waals surface area contributed by atoms with Crippen LogP contribution in [0.4, 0.5) is 0 Å². The first-order valence-corrected chi connectivity index (χ1v) is 8.45. The molecule has 0 spiro atoms. The maximum absolute atomic E-state index is 12.7. The average molecular weight is 323 g/mol. The van der Waals surface area contributed by atoms with E-state index < -0.39 is 10.4 Å². The van der Waals surface area contributed by atoms with E-state index in [2.05, 4.69) is 0 Å². The minimum absolute atomic E-state index is 0.0827. The van der Waals surface area contributed by atoms with Gasteiger partial charge in [-0.25, -0.2) is 0 Å². The smallest absolute Gasteiger partial charge is 0.197 e. The Labute approximate surface area is 131 Å². The molecule has 2 heterocycles. The van der Waals surface area contributed by atoms with Crippen molar-refractivity contribution in [2.45, 2.75) is 68.4 Å². The molecule has 20 heavy (non-hydrogen) atoms. The first-order valence-electron chi connectivity index (χ1n) is 7.70. The van der Waals surface area contributed by atoms with Gasteiger partial charge in [-0.05, 0) is 25.7 Å². The highest BCUT2D eigenvalue weighted by atomic mass is 35.5. The summed E-state index contributed by atoms with van der Waals surface area (Å²) in [5.74, 6) is -0.0931. The maximum Gasteiger partial charge on any atom is 0.197 e. The van der Waals surface area contributed by atoms with Gasteiger partial charge in [0.15, 0.2) is 10.1 Å². The van der Waals surface area contributed by atoms with Crippen molar-refractivity contribution in [3.63, 3.8) is 0 Å². The molecule has 0 aromatic heterocycles. The maximum atomic E-state index is 12.7. The van der Waals surface area contributed by atoms with E-state index in [9.17, 15) is 4.79 Å². The fourth-order valence-electron chi connectivity index (χ4n) is 3.07. The van der Waals surface area contributed by atoms with Crippen molar-refractivity contribution in [3.8, 4) is 0 Å². The van der Waals surface area contributed by atoms with Gasteiger partial charge in [-0.2, -0.15) is 0 Å². The number of fused-ring (bicyclic) bond motifs is 3. The molecule has 3 unspecified atom stereocenters. The van der Waals surface area contributed by atoms with Gasteiger partial charge in [0.2, 0.25) is 0 Å². The molecule has 0 aromatic carbocycles. The standard InChI is InChI=1S/C15H24Cl2O3/c1-2-8-15(16,17)14(18)13-11-5-3-4-6-12(20-13)7-9-19-10-11/h11-13H,2-10H2,1H3. The van der Waals surface area contributed by atoms with E-state index >= 15 is 0 Å². The van der Waals surface area contributed by atoms with Crippen LogP contribution in [0.5, 0.6) is 0 Å². The second-order valence-electron chi connectivity index (χ2n) is 5.91. The van der Waals surface area contributed by atoms with E-state index in [1.807, 2.05) is 6.92 Å². The molecule has 2 rings (SSSR count). The molecule has 2 aliphatic heterocycles. The van der Waals surface area contributed by atoms with Gasteiger partial charge >= 0.3 is 0 Å². The van der Waals surface area contributed by atoms with Gasteiger partial charge in [0.25, 0.3) is 0 Å². The van der Waals surface area contributed by atoms with Crippen LogP contribution in [0.3, 0.4) is 0 Å². The van der Waals surface area contributed by atoms with Crippen molar-refractivity contribution in [3.05, 3.63) is 0 Å². The Morgan fingerprint density at radius 1 is 1.25 bits per heavy atom. The predicted octanol–water partition coefficient (Wildman–Crippen LogP) is 3.89.